The summed E-state index contributed by atoms with van der Waals surface area (Å²) in [4.78, 5) is 2.61. The SMILES string of the molecule is CNC1CCC(C)(C)CC1CN(CCO)C1CCCCC1. The molecule has 0 amide bonds. The van der Waals surface area contributed by atoms with Crippen LogP contribution in [0.4, 0.5) is 0 Å². The van der Waals surface area contributed by atoms with Crippen molar-refractivity contribution in [1.29, 1.82) is 0 Å². The van der Waals surface area contributed by atoms with Gasteiger partial charge in [0.05, 0.1) is 6.61 Å². The number of aliphatic hydroxyl groups excluding tert-OH is 1. The summed E-state index contributed by atoms with van der Waals surface area (Å²) in [7, 11) is 2.12. The van der Waals surface area contributed by atoms with Crippen LogP contribution in [0, 0.1) is 11.3 Å². The Bertz CT molecular complexity index is 300. The van der Waals surface area contributed by atoms with Crippen LogP contribution in [0.3, 0.4) is 0 Å². The lowest BCUT2D eigenvalue weighted by Crippen LogP contribution is -2.49. The van der Waals surface area contributed by atoms with Crippen LogP contribution < -0.4 is 5.32 Å². The molecule has 0 aromatic heterocycles. The first-order valence-corrected chi connectivity index (χ1v) is 9.08. The summed E-state index contributed by atoms with van der Waals surface area (Å²) in [6.45, 7) is 7.17. The summed E-state index contributed by atoms with van der Waals surface area (Å²) in [5, 5.41) is 13.0. The highest BCUT2D eigenvalue weighted by molar-refractivity contribution is 4.91. The minimum absolute atomic E-state index is 0.302. The molecule has 2 aliphatic rings. The van der Waals surface area contributed by atoms with E-state index in [1.165, 1.54) is 57.9 Å². The van der Waals surface area contributed by atoms with Gasteiger partial charge >= 0.3 is 0 Å². The molecular formula is C18H36N2O. The molecule has 0 bridgehead atoms. The summed E-state index contributed by atoms with van der Waals surface area (Å²) in [6.07, 6.45) is 10.8. The highest BCUT2D eigenvalue weighted by Crippen LogP contribution is 2.39. The summed E-state index contributed by atoms with van der Waals surface area (Å²) >= 11 is 0. The van der Waals surface area contributed by atoms with Crippen LogP contribution in [0.1, 0.15) is 65.2 Å². The molecule has 2 rings (SSSR count). The first-order chi connectivity index (χ1) is 10.1. The van der Waals surface area contributed by atoms with Gasteiger partial charge in [-0.05, 0) is 50.5 Å². The Kier molecular flexibility index (Phi) is 6.51. The maximum atomic E-state index is 9.47. The summed E-state index contributed by atoms with van der Waals surface area (Å²) in [5.74, 6) is 0.729. The van der Waals surface area contributed by atoms with E-state index < -0.39 is 0 Å². The number of rotatable bonds is 6. The van der Waals surface area contributed by atoms with Crippen LogP contribution in [-0.2, 0) is 0 Å². The molecule has 0 spiro atoms. The lowest BCUT2D eigenvalue weighted by molar-refractivity contribution is 0.0608. The predicted octanol–water partition coefficient (Wildman–Crippen LogP) is 3.03. The second-order valence-electron chi connectivity index (χ2n) is 8.07. The summed E-state index contributed by atoms with van der Waals surface area (Å²) < 4.78 is 0. The molecule has 0 aromatic carbocycles. The van der Waals surface area contributed by atoms with Crippen molar-refractivity contribution >= 4 is 0 Å². The molecule has 0 radical (unpaired) electrons. The maximum absolute atomic E-state index is 9.47. The van der Waals surface area contributed by atoms with Gasteiger partial charge in [0.2, 0.25) is 0 Å². The molecule has 2 aliphatic carbocycles. The average molecular weight is 296 g/mol. The molecule has 0 aromatic rings. The van der Waals surface area contributed by atoms with E-state index in [1.54, 1.807) is 0 Å². The lowest BCUT2D eigenvalue weighted by atomic mass is 9.69. The fourth-order valence-corrected chi connectivity index (χ4v) is 4.61. The Morgan fingerprint density at radius 3 is 2.48 bits per heavy atom. The van der Waals surface area contributed by atoms with Crippen LogP contribution in [0.15, 0.2) is 0 Å². The summed E-state index contributed by atoms with van der Waals surface area (Å²) in [6, 6.07) is 1.37. The van der Waals surface area contributed by atoms with Gasteiger partial charge in [0.1, 0.15) is 0 Å². The molecule has 0 heterocycles. The van der Waals surface area contributed by atoms with Gasteiger partial charge in [0.15, 0.2) is 0 Å². The van der Waals surface area contributed by atoms with Gasteiger partial charge in [0, 0.05) is 25.2 Å². The summed E-state index contributed by atoms with van der Waals surface area (Å²) in [5.41, 5.74) is 0.482. The second-order valence-corrected chi connectivity index (χ2v) is 8.07. The maximum Gasteiger partial charge on any atom is 0.0558 e. The Labute approximate surface area is 131 Å². The molecule has 21 heavy (non-hydrogen) atoms. The van der Waals surface area contributed by atoms with Crippen molar-refractivity contribution in [3.8, 4) is 0 Å². The standard InChI is InChI=1S/C18H36N2O/c1-18(2)10-9-17(19-3)15(13-18)14-20(11-12-21)16-7-5-4-6-8-16/h15-17,19,21H,4-14H2,1-3H3. The largest absolute Gasteiger partial charge is 0.395 e. The van der Waals surface area contributed by atoms with Crippen molar-refractivity contribution < 1.29 is 5.11 Å². The van der Waals surface area contributed by atoms with Crippen LogP contribution in [0.2, 0.25) is 0 Å². The molecule has 2 fully saturated rings. The van der Waals surface area contributed by atoms with Gasteiger partial charge < -0.3 is 10.4 Å². The van der Waals surface area contributed by atoms with E-state index in [4.69, 9.17) is 0 Å². The van der Waals surface area contributed by atoms with Crippen molar-refractivity contribution in [2.24, 2.45) is 11.3 Å². The van der Waals surface area contributed by atoms with E-state index in [2.05, 4.69) is 31.1 Å². The highest BCUT2D eigenvalue weighted by atomic mass is 16.3. The number of nitrogens with zero attached hydrogens (tertiary/aromatic N) is 1. The van der Waals surface area contributed by atoms with Crippen molar-refractivity contribution in [3.63, 3.8) is 0 Å². The monoisotopic (exact) mass is 296 g/mol. The number of hydrogen-bond acceptors (Lipinski definition) is 3. The molecule has 2 saturated carbocycles. The van der Waals surface area contributed by atoms with E-state index in [9.17, 15) is 5.11 Å². The van der Waals surface area contributed by atoms with Crippen molar-refractivity contribution in [2.75, 3.05) is 26.7 Å². The predicted molar refractivity (Wildman–Crippen MR) is 89.5 cm³/mol. The first kappa shape index (κ1) is 17.2. The lowest BCUT2D eigenvalue weighted by Gasteiger charge is -2.44. The van der Waals surface area contributed by atoms with E-state index >= 15 is 0 Å². The van der Waals surface area contributed by atoms with E-state index in [1.807, 2.05) is 0 Å². The molecule has 2 unspecified atom stereocenters. The van der Waals surface area contributed by atoms with E-state index in [0.29, 0.717) is 24.1 Å². The fourth-order valence-electron chi connectivity index (χ4n) is 4.61. The van der Waals surface area contributed by atoms with Gasteiger partial charge in [0.25, 0.3) is 0 Å². The fraction of sp³-hybridized carbons (Fsp3) is 1.00. The molecule has 0 saturated heterocycles. The molecule has 2 N–H and O–H groups in total. The topological polar surface area (TPSA) is 35.5 Å². The van der Waals surface area contributed by atoms with Gasteiger partial charge in [-0.1, -0.05) is 33.1 Å². The number of aliphatic hydroxyl groups is 1. The van der Waals surface area contributed by atoms with Crippen LogP contribution >= 0.6 is 0 Å². The Morgan fingerprint density at radius 2 is 1.86 bits per heavy atom. The molecule has 2 atom stereocenters. The average Bonchev–Trinajstić information content (AvgIpc) is 2.47. The zero-order valence-electron chi connectivity index (χ0n) is 14.4. The zero-order chi connectivity index (χ0) is 15.3. The Morgan fingerprint density at radius 1 is 1.14 bits per heavy atom. The van der Waals surface area contributed by atoms with Gasteiger partial charge in [-0.25, -0.2) is 0 Å². The molecule has 0 aliphatic heterocycles. The molecule has 3 heteroatoms. The quantitative estimate of drug-likeness (QED) is 0.791. The smallest absolute Gasteiger partial charge is 0.0558 e. The van der Waals surface area contributed by atoms with Crippen molar-refractivity contribution in [1.82, 2.24) is 10.2 Å². The highest BCUT2D eigenvalue weighted by Gasteiger charge is 2.36. The van der Waals surface area contributed by atoms with Gasteiger partial charge in [-0.3, -0.25) is 4.90 Å². The minimum Gasteiger partial charge on any atom is -0.395 e. The van der Waals surface area contributed by atoms with E-state index in [0.717, 1.165) is 12.5 Å². The third kappa shape index (κ3) is 4.94. The van der Waals surface area contributed by atoms with Gasteiger partial charge in [-0.2, -0.15) is 0 Å². The normalized spacial score (nSPS) is 30.7. The van der Waals surface area contributed by atoms with Crippen LogP contribution in [0.5, 0.6) is 0 Å². The van der Waals surface area contributed by atoms with Crippen LogP contribution in [0.25, 0.3) is 0 Å². The second kappa shape index (κ2) is 7.94. The van der Waals surface area contributed by atoms with Crippen molar-refractivity contribution in [2.45, 2.75) is 77.3 Å². The molecule has 124 valence electrons. The zero-order valence-corrected chi connectivity index (χ0v) is 14.4. The third-order valence-corrected chi connectivity index (χ3v) is 5.83. The first-order valence-electron chi connectivity index (χ1n) is 9.08. The Balaban J connectivity index is 1.98. The van der Waals surface area contributed by atoms with Gasteiger partial charge in [-0.15, -0.1) is 0 Å². The number of nitrogens with one attached hydrogen (secondary N) is 1. The third-order valence-electron chi connectivity index (χ3n) is 5.83. The minimum atomic E-state index is 0.302. The van der Waals surface area contributed by atoms with Crippen molar-refractivity contribution in [3.05, 3.63) is 0 Å². The molecule has 3 nitrogen and oxygen atoms in total. The Hall–Kier alpha value is -0.120. The van der Waals surface area contributed by atoms with Crippen LogP contribution in [-0.4, -0.2) is 48.8 Å². The van der Waals surface area contributed by atoms with E-state index in [-0.39, 0.29) is 0 Å². The molecular weight excluding hydrogens is 260 g/mol. The number of hydrogen-bond donors (Lipinski definition) is 2.